The van der Waals surface area contributed by atoms with Gasteiger partial charge >= 0.3 is 5.97 Å². The van der Waals surface area contributed by atoms with Crippen LogP contribution in [-0.2, 0) is 14.3 Å². The summed E-state index contributed by atoms with van der Waals surface area (Å²) in [5.41, 5.74) is -0.718. The maximum atomic E-state index is 11.4. The van der Waals surface area contributed by atoms with Crippen LogP contribution in [0.5, 0.6) is 0 Å². The van der Waals surface area contributed by atoms with Crippen LogP contribution in [0.25, 0.3) is 0 Å². The van der Waals surface area contributed by atoms with Gasteiger partial charge in [-0.3, -0.25) is 9.59 Å². The van der Waals surface area contributed by atoms with Gasteiger partial charge in [0, 0.05) is 6.42 Å². The van der Waals surface area contributed by atoms with Crippen molar-refractivity contribution >= 4 is 29.1 Å². The smallest absolute Gasteiger partial charge is 0.306 e. The number of carbonyl (C=O) groups excluding carboxylic acids is 2. The molecule has 0 aromatic rings. The maximum Gasteiger partial charge on any atom is 0.306 e. The molecule has 1 unspecified atom stereocenters. The Labute approximate surface area is 81.6 Å². The summed E-state index contributed by atoms with van der Waals surface area (Å²) in [6.45, 7) is 1.71. The lowest BCUT2D eigenvalue weighted by Crippen LogP contribution is -2.31. The number of hydrogen-bond acceptors (Lipinski definition) is 4. The van der Waals surface area contributed by atoms with E-state index in [-0.39, 0.29) is 18.3 Å². The maximum absolute atomic E-state index is 11.4. The third-order valence-electron chi connectivity index (χ3n) is 2.11. The van der Waals surface area contributed by atoms with E-state index in [1.54, 1.807) is 6.92 Å². The Morgan fingerprint density at radius 2 is 2.38 bits per heavy atom. The standard InChI is InChI=1S/C8H11NO3S/c1-8(4-6(10)12-2)3-5(13)9-7(8)11/h3-4H2,1-2H3,(H,9,11,13). The molecule has 0 saturated carbocycles. The van der Waals surface area contributed by atoms with Crippen LogP contribution in [0.1, 0.15) is 19.8 Å². The van der Waals surface area contributed by atoms with Crippen LogP contribution in [-0.4, -0.2) is 24.0 Å². The highest BCUT2D eigenvalue weighted by atomic mass is 32.1. The van der Waals surface area contributed by atoms with Crippen molar-refractivity contribution in [3.63, 3.8) is 0 Å². The van der Waals surface area contributed by atoms with Gasteiger partial charge in [-0.15, -0.1) is 0 Å². The second-order valence-corrected chi connectivity index (χ2v) is 3.86. The number of nitrogens with one attached hydrogen (secondary N) is 1. The highest BCUT2D eigenvalue weighted by molar-refractivity contribution is 7.80. The van der Waals surface area contributed by atoms with Crippen molar-refractivity contribution < 1.29 is 14.3 Å². The minimum atomic E-state index is -0.718. The Hall–Kier alpha value is -0.970. The zero-order valence-electron chi connectivity index (χ0n) is 7.55. The molecule has 0 aliphatic carbocycles. The van der Waals surface area contributed by atoms with E-state index in [1.165, 1.54) is 7.11 Å². The fourth-order valence-corrected chi connectivity index (χ4v) is 1.70. The first-order chi connectivity index (χ1) is 5.98. The number of esters is 1. The number of thiocarbonyl (C=S) groups is 1. The summed E-state index contributed by atoms with van der Waals surface area (Å²) in [6.07, 6.45) is 0.506. The molecule has 72 valence electrons. The molecule has 0 aromatic carbocycles. The van der Waals surface area contributed by atoms with E-state index in [2.05, 4.69) is 10.1 Å². The third-order valence-corrected chi connectivity index (χ3v) is 2.36. The topological polar surface area (TPSA) is 55.4 Å². The second kappa shape index (κ2) is 3.41. The van der Waals surface area contributed by atoms with Gasteiger partial charge in [0.1, 0.15) is 0 Å². The molecule has 1 rings (SSSR count). The van der Waals surface area contributed by atoms with Gasteiger partial charge in [-0.25, -0.2) is 0 Å². The Balaban J connectivity index is 2.71. The summed E-state index contributed by atoms with van der Waals surface area (Å²) in [7, 11) is 1.30. The highest BCUT2D eigenvalue weighted by Gasteiger charge is 2.42. The molecule has 1 aliphatic rings. The summed E-state index contributed by atoms with van der Waals surface area (Å²) >= 11 is 4.85. The minimum absolute atomic E-state index is 0.0788. The zero-order chi connectivity index (χ0) is 10.1. The lowest BCUT2D eigenvalue weighted by Gasteiger charge is -2.17. The summed E-state index contributed by atoms with van der Waals surface area (Å²) in [5, 5.41) is 2.52. The van der Waals surface area contributed by atoms with Crippen LogP contribution in [0.4, 0.5) is 0 Å². The van der Waals surface area contributed by atoms with Crippen molar-refractivity contribution in [1.82, 2.24) is 5.32 Å². The summed E-state index contributed by atoms with van der Waals surface area (Å²) in [6, 6.07) is 0. The Kier molecular flexibility index (Phi) is 2.66. The molecule has 1 amide bonds. The van der Waals surface area contributed by atoms with Gasteiger partial charge in [0.05, 0.1) is 23.9 Å². The highest BCUT2D eigenvalue weighted by Crippen LogP contribution is 2.31. The van der Waals surface area contributed by atoms with Crippen molar-refractivity contribution in [2.24, 2.45) is 5.41 Å². The molecule has 13 heavy (non-hydrogen) atoms. The first kappa shape index (κ1) is 10.1. The normalized spacial score (nSPS) is 27.2. The fraction of sp³-hybridized carbons (Fsp3) is 0.625. The molecular weight excluding hydrogens is 190 g/mol. The van der Waals surface area contributed by atoms with Gasteiger partial charge in [-0.1, -0.05) is 12.2 Å². The molecule has 1 aliphatic heterocycles. The van der Waals surface area contributed by atoms with E-state index >= 15 is 0 Å². The van der Waals surface area contributed by atoms with Gasteiger partial charge in [-0.05, 0) is 6.92 Å². The molecule has 1 N–H and O–H groups in total. The van der Waals surface area contributed by atoms with E-state index in [1.807, 2.05) is 0 Å². The van der Waals surface area contributed by atoms with Crippen molar-refractivity contribution in [2.75, 3.05) is 7.11 Å². The second-order valence-electron chi connectivity index (χ2n) is 3.37. The van der Waals surface area contributed by atoms with Crippen LogP contribution in [0.15, 0.2) is 0 Å². The molecule has 4 nitrogen and oxygen atoms in total. The van der Waals surface area contributed by atoms with Gasteiger partial charge in [0.25, 0.3) is 0 Å². The Morgan fingerprint density at radius 1 is 1.77 bits per heavy atom. The van der Waals surface area contributed by atoms with Crippen molar-refractivity contribution in [3.8, 4) is 0 Å². The zero-order valence-corrected chi connectivity index (χ0v) is 8.36. The Bertz CT molecular complexity index is 277. The molecule has 0 spiro atoms. The monoisotopic (exact) mass is 201 g/mol. The van der Waals surface area contributed by atoms with Crippen LogP contribution in [0, 0.1) is 5.41 Å². The lowest BCUT2D eigenvalue weighted by molar-refractivity contribution is -0.146. The third kappa shape index (κ3) is 2.03. The first-order valence-corrected chi connectivity index (χ1v) is 4.30. The first-order valence-electron chi connectivity index (χ1n) is 3.89. The number of carbonyl (C=O) groups is 2. The Morgan fingerprint density at radius 3 is 2.77 bits per heavy atom. The molecule has 1 atom stereocenters. The number of ether oxygens (including phenoxy) is 1. The summed E-state index contributed by atoms with van der Waals surface area (Å²) < 4.78 is 4.50. The van der Waals surface area contributed by atoms with E-state index in [0.29, 0.717) is 11.4 Å². The molecule has 0 bridgehead atoms. The quantitative estimate of drug-likeness (QED) is 0.519. The summed E-state index contributed by atoms with van der Waals surface area (Å²) in [4.78, 5) is 22.8. The number of amides is 1. The van der Waals surface area contributed by atoms with Crippen molar-refractivity contribution in [3.05, 3.63) is 0 Å². The number of hydrogen-bond donors (Lipinski definition) is 1. The summed E-state index contributed by atoms with van der Waals surface area (Å²) in [5.74, 6) is -0.578. The van der Waals surface area contributed by atoms with E-state index < -0.39 is 5.41 Å². The van der Waals surface area contributed by atoms with Crippen LogP contribution < -0.4 is 5.32 Å². The molecule has 0 aromatic heterocycles. The predicted molar refractivity (Wildman–Crippen MR) is 50.1 cm³/mol. The molecule has 1 saturated heterocycles. The van der Waals surface area contributed by atoms with Crippen LogP contribution in [0.2, 0.25) is 0 Å². The SMILES string of the molecule is COC(=O)CC1(C)CC(=S)NC1=O. The molecule has 5 heteroatoms. The van der Waals surface area contributed by atoms with E-state index in [0.717, 1.165) is 0 Å². The van der Waals surface area contributed by atoms with Crippen LogP contribution >= 0.6 is 12.2 Å². The average molecular weight is 201 g/mol. The van der Waals surface area contributed by atoms with Gasteiger partial charge < -0.3 is 10.1 Å². The van der Waals surface area contributed by atoms with E-state index in [4.69, 9.17) is 12.2 Å². The molecular formula is C8H11NO3S. The molecule has 1 fully saturated rings. The average Bonchev–Trinajstić information content (AvgIpc) is 2.25. The lowest BCUT2D eigenvalue weighted by atomic mass is 9.85. The largest absolute Gasteiger partial charge is 0.469 e. The van der Waals surface area contributed by atoms with Gasteiger partial charge in [0.15, 0.2) is 0 Å². The number of methoxy groups -OCH3 is 1. The number of rotatable bonds is 2. The van der Waals surface area contributed by atoms with Gasteiger partial charge in [0.2, 0.25) is 5.91 Å². The molecule has 1 heterocycles. The van der Waals surface area contributed by atoms with Crippen LogP contribution in [0.3, 0.4) is 0 Å². The minimum Gasteiger partial charge on any atom is -0.469 e. The van der Waals surface area contributed by atoms with Crippen molar-refractivity contribution in [1.29, 1.82) is 0 Å². The fourth-order valence-electron chi connectivity index (χ4n) is 1.29. The van der Waals surface area contributed by atoms with Crippen molar-refractivity contribution in [2.45, 2.75) is 19.8 Å². The predicted octanol–water partition coefficient (Wildman–Crippen LogP) is 0.403. The van der Waals surface area contributed by atoms with E-state index in [9.17, 15) is 9.59 Å². The molecule has 0 radical (unpaired) electrons. The van der Waals surface area contributed by atoms with Gasteiger partial charge in [-0.2, -0.15) is 0 Å².